The predicted octanol–water partition coefficient (Wildman–Crippen LogP) is 3.40. The lowest BCUT2D eigenvalue weighted by Gasteiger charge is -2.39. The van der Waals surface area contributed by atoms with Crippen LogP contribution in [-0.2, 0) is 0 Å². The van der Waals surface area contributed by atoms with Gasteiger partial charge in [0.25, 0.3) is 5.91 Å². The monoisotopic (exact) mass is 303 g/mol. The fraction of sp³-hybridized carbons (Fsp3) is 0.417. The minimum atomic E-state index is -0.723. The van der Waals surface area contributed by atoms with Crippen molar-refractivity contribution in [3.8, 4) is 0 Å². The lowest BCUT2D eigenvalue weighted by molar-refractivity contribution is 0.0845. The van der Waals surface area contributed by atoms with Crippen LogP contribution in [0, 0.1) is 11.6 Å². The smallest absolute Gasteiger partial charge is 0.254 e. The molecule has 0 heterocycles. The first-order valence-electron chi connectivity index (χ1n) is 5.38. The van der Waals surface area contributed by atoms with Crippen LogP contribution in [0.4, 0.5) is 8.78 Å². The molecule has 0 atom stereocenters. The van der Waals surface area contributed by atoms with E-state index in [1.54, 1.807) is 0 Å². The van der Waals surface area contributed by atoms with Crippen molar-refractivity contribution >= 4 is 21.8 Å². The molecular formula is C12H12BrF2NO. The molecule has 0 aromatic heterocycles. The van der Waals surface area contributed by atoms with Gasteiger partial charge in [-0.2, -0.15) is 0 Å². The molecule has 0 radical (unpaired) electrons. The van der Waals surface area contributed by atoms with Gasteiger partial charge in [0.15, 0.2) is 0 Å². The highest BCUT2D eigenvalue weighted by atomic mass is 79.9. The van der Waals surface area contributed by atoms with Crippen molar-refractivity contribution in [2.24, 2.45) is 0 Å². The summed E-state index contributed by atoms with van der Waals surface area (Å²) in [4.78, 5) is 11.8. The van der Waals surface area contributed by atoms with E-state index in [1.807, 2.05) is 6.92 Å². The van der Waals surface area contributed by atoms with Gasteiger partial charge in [0.05, 0.1) is 10.0 Å². The molecule has 1 aromatic rings. The van der Waals surface area contributed by atoms with E-state index in [0.29, 0.717) is 0 Å². The van der Waals surface area contributed by atoms with Crippen LogP contribution in [0.25, 0.3) is 0 Å². The second-order valence-corrected chi connectivity index (χ2v) is 5.47. The molecule has 0 aliphatic heterocycles. The Hall–Kier alpha value is -0.970. The van der Waals surface area contributed by atoms with Gasteiger partial charge in [0.1, 0.15) is 11.6 Å². The van der Waals surface area contributed by atoms with E-state index in [1.165, 1.54) is 0 Å². The molecule has 1 amide bonds. The van der Waals surface area contributed by atoms with Crippen LogP contribution in [0.3, 0.4) is 0 Å². The second kappa shape index (κ2) is 4.37. The standard InChI is InChI=1S/C12H12BrF2NO/c1-12(3-2-4-12)16-11(17)7-5-10(15)8(13)6-9(7)14/h5-6H,2-4H2,1H3,(H,16,17). The molecule has 1 N–H and O–H groups in total. The molecule has 0 saturated heterocycles. The summed E-state index contributed by atoms with van der Waals surface area (Å²) in [6.45, 7) is 1.90. The Kier molecular flexibility index (Phi) is 3.21. The normalized spacial score (nSPS) is 17.4. The maximum atomic E-state index is 13.5. The van der Waals surface area contributed by atoms with E-state index >= 15 is 0 Å². The van der Waals surface area contributed by atoms with Gasteiger partial charge in [-0.15, -0.1) is 0 Å². The summed E-state index contributed by atoms with van der Waals surface area (Å²) in [5.74, 6) is -1.93. The Labute approximate surface area is 107 Å². The molecule has 5 heteroatoms. The van der Waals surface area contributed by atoms with E-state index in [0.717, 1.165) is 31.4 Å². The fourth-order valence-electron chi connectivity index (χ4n) is 1.87. The van der Waals surface area contributed by atoms with Crippen molar-refractivity contribution in [2.75, 3.05) is 0 Å². The van der Waals surface area contributed by atoms with Gasteiger partial charge in [-0.3, -0.25) is 4.79 Å². The van der Waals surface area contributed by atoms with Crippen LogP contribution in [0.15, 0.2) is 16.6 Å². The number of carbonyl (C=O) groups is 1. The Morgan fingerprint density at radius 3 is 2.53 bits per heavy atom. The first-order chi connectivity index (χ1) is 7.91. The summed E-state index contributed by atoms with van der Waals surface area (Å²) in [5.41, 5.74) is -0.522. The van der Waals surface area contributed by atoms with Crippen LogP contribution in [0.2, 0.25) is 0 Å². The molecular weight excluding hydrogens is 292 g/mol. The van der Waals surface area contributed by atoms with E-state index in [9.17, 15) is 13.6 Å². The van der Waals surface area contributed by atoms with Gasteiger partial charge in [0, 0.05) is 5.54 Å². The Morgan fingerprint density at radius 1 is 1.35 bits per heavy atom. The lowest BCUT2D eigenvalue weighted by Crippen LogP contribution is -2.51. The predicted molar refractivity (Wildman–Crippen MR) is 63.8 cm³/mol. The molecule has 2 rings (SSSR count). The van der Waals surface area contributed by atoms with Crippen LogP contribution < -0.4 is 5.32 Å². The van der Waals surface area contributed by atoms with Gasteiger partial charge in [-0.05, 0) is 54.2 Å². The SMILES string of the molecule is CC1(NC(=O)c2cc(F)c(Br)cc2F)CCC1. The zero-order chi connectivity index (χ0) is 12.6. The minimum Gasteiger partial charge on any atom is -0.347 e. The Balaban J connectivity index is 2.22. The second-order valence-electron chi connectivity index (χ2n) is 4.61. The molecule has 1 aliphatic carbocycles. The van der Waals surface area contributed by atoms with Gasteiger partial charge in [-0.1, -0.05) is 0 Å². The molecule has 0 bridgehead atoms. The molecule has 1 fully saturated rings. The fourth-order valence-corrected chi connectivity index (χ4v) is 2.19. The van der Waals surface area contributed by atoms with Crippen LogP contribution >= 0.6 is 15.9 Å². The highest BCUT2D eigenvalue weighted by Gasteiger charge is 2.34. The number of hydrogen-bond acceptors (Lipinski definition) is 1. The maximum Gasteiger partial charge on any atom is 0.254 e. The molecule has 1 aromatic carbocycles. The summed E-state index contributed by atoms with van der Waals surface area (Å²) < 4.78 is 26.8. The molecule has 0 unspecified atom stereocenters. The van der Waals surface area contributed by atoms with Crippen molar-refractivity contribution < 1.29 is 13.6 Å². The number of hydrogen-bond donors (Lipinski definition) is 1. The van der Waals surface area contributed by atoms with Gasteiger partial charge < -0.3 is 5.32 Å². The maximum absolute atomic E-state index is 13.5. The molecule has 2 nitrogen and oxygen atoms in total. The van der Waals surface area contributed by atoms with E-state index in [2.05, 4.69) is 21.2 Å². The Bertz CT molecular complexity index is 472. The number of carbonyl (C=O) groups excluding carboxylic acids is 1. The highest BCUT2D eigenvalue weighted by Crippen LogP contribution is 2.31. The van der Waals surface area contributed by atoms with Crippen molar-refractivity contribution in [2.45, 2.75) is 31.7 Å². The summed E-state index contributed by atoms with van der Waals surface area (Å²) in [6.07, 6.45) is 2.80. The third kappa shape index (κ3) is 2.49. The molecule has 1 aliphatic rings. The van der Waals surface area contributed by atoms with Crippen molar-refractivity contribution in [3.05, 3.63) is 33.8 Å². The van der Waals surface area contributed by atoms with Crippen molar-refractivity contribution in [3.63, 3.8) is 0 Å². The largest absolute Gasteiger partial charge is 0.347 e. The van der Waals surface area contributed by atoms with Crippen molar-refractivity contribution in [1.29, 1.82) is 0 Å². The van der Waals surface area contributed by atoms with E-state index in [-0.39, 0.29) is 15.6 Å². The zero-order valence-electron chi connectivity index (χ0n) is 9.32. The molecule has 0 spiro atoms. The first kappa shape index (κ1) is 12.5. The van der Waals surface area contributed by atoms with Gasteiger partial charge >= 0.3 is 0 Å². The topological polar surface area (TPSA) is 29.1 Å². The van der Waals surface area contributed by atoms with Gasteiger partial charge in [-0.25, -0.2) is 8.78 Å². The van der Waals surface area contributed by atoms with Crippen LogP contribution in [-0.4, -0.2) is 11.4 Å². The molecule has 92 valence electrons. The van der Waals surface area contributed by atoms with Gasteiger partial charge in [0.2, 0.25) is 0 Å². The summed E-state index contributed by atoms with van der Waals surface area (Å²) in [5, 5.41) is 2.74. The van der Waals surface area contributed by atoms with Crippen molar-refractivity contribution in [1.82, 2.24) is 5.32 Å². The average Bonchev–Trinajstić information content (AvgIpc) is 2.21. The molecule has 1 saturated carbocycles. The number of halogens is 3. The summed E-state index contributed by atoms with van der Waals surface area (Å²) in [6, 6.07) is 1.88. The molecule has 17 heavy (non-hydrogen) atoms. The van der Waals surface area contributed by atoms with Crippen LogP contribution in [0.1, 0.15) is 36.5 Å². The first-order valence-corrected chi connectivity index (χ1v) is 6.18. The summed E-state index contributed by atoms with van der Waals surface area (Å²) >= 11 is 2.87. The van der Waals surface area contributed by atoms with E-state index < -0.39 is 17.5 Å². The third-order valence-electron chi connectivity index (χ3n) is 3.13. The third-order valence-corrected chi connectivity index (χ3v) is 3.73. The minimum absolute atomic E-state index is 0.0152. The van der Waals surface area contributed by atoms with Crippen LogP contribution in [0.5, 0.6) is 0 Å². The number of rotatable bonds is 2. The number of nitrogens with one attached hydrogen (secondary N) is 1. The quantitative estimate of drug-likeness (QED) is 0.834. The summed E-state index contributed by atoms with van der Waals surface area (Å²) in [7, 11) is 0. The zero-order valence-corrected chi connectivity index (χ0v) is 10.9. The Morgan fingerprint density at radius 2 is 2.00 bits per heavy atom. The number of benzene rings is 1. The average molecular weight is 304 g/mol. The lowest BCUT2D eigenvalue weighted by atomic mass is 9.78. The highest BCUT2D eigenvalue weighted by molar-refractivity contribution is 9.10. The number of amides is 1. The van der Waals surface area contributed by atoms with E-state index in [4.69, 9.17) is 0 Å².